The van der Waals surface area contributed by atoms with E-state index in [1.54, 1.807) is 0 Å². The molecule has 0 saturated carbocycles. The minimum Gasteiger partial charge on any atom is -0.434 e. The van der Waals surface area contributed by atoms with E-state index in [0.29, 0.717) is 12.4 Å². The van der Waals surface area contributed by atoms with E-state index >= 15 is 0 Å². The van der Waals surface area contributed by atoms with Gasteiger partial charge in [-0.05, 0) is 30.9 Å². The fourth-order valence-corrected chi connectivity index (χ4v) is 2.53. The Morgan fingerprint density at radius 1 is 0.870 bits per heavy atom. The van der Waals surface area contributed by atoms with Crippen molar-refractivity contribution < 1.29 is 14.3 Å². The van der Waals surface area contributed by atoms with Gasteiger partial charge >= 0.3 is 6.16 Å². The predicted molar refractivity (Wildman–Crippen MR) is 95.0 cm³/mol. The third-order valence-electron chi connectivity index (χ3n) is 3.93. The van der Waals surface area contributed by atoms with Gasteiger partial charge in [-0.2, -0.15) is 0 Å². The molecule has 0 aliphatic carbocycles. The molecule has 23 heavy (non-hydrogen) atoms. The van der Waals surface area contributed by atoms with Crippen LogP contribution in [0.3, 0.4) is 0 Å². The Morgan fingerprint density at radius 3 is 2.26 bits per heavy atom. The second-order valence-electron chi connectivity index (χ2n) is 6.03. The normalized spacial score (nSPS) is 10.5. The molecule has 1 rings (SSSR count). The van der Waals surface area contributed by atoms with E-state index in [2.05, 4.69) is 13.8 Å². The van der Waals surface area contributed by atoms with Gasteiger partial charge in [0.1, 0.15) is 5.75 Å². The summed E-state index contributed by atoms with van der Waals surface area (Å²) in [6.07, 6.45) is 10.9. The van der Waals surface area contributed by atoms with E-state index < -0.39 is 6.16 Å². The molecule has 0 N–H and O–H groups in total. The number of hydrogen-bond donors (Lipinski definition) is 0. The second-order valence-corrected chi connectivity index (χ2v) is 6.03. The molecular weight excluding hydrogens is 288 g/mol. The molecule has 0 aliphatic heterocycles. The monoisotopic (exact) mass is 320 g/mol. The maximum absolute atomic E-state index is 11.8. The molecule has 1 aromatic rings. The van der Waals surface area contributed by atoms with Crippen molar-refractivity contribution in [1.29, 1.82) is 0 Å². The smallest absolute Gasteiger partial charge is 0.434 e. The highest BCUT2D eigenvalue weighted by molar-refractivity contribution is 5.64. The van der Waals surface area contributed by atoms with Crippen LogP contribution in [0.1, 0.15) is 77.2 Å². The summed E-state index contributed by atoms with van der Waals surface area (Å²) in [6, 6.07) is 7.76. The summed E-state index contributed by atoms with van der Waals surface area (Å²) in [5, 5.41) is 0. The summed E-state index contributed by atoms with van der Waals surface area (Å²) in [6.45, 7) is 4.82. The highest BCUT2D eigenvalue weighted by atomic mass is 16.7. The first-order valence-electron chi connectivity index (χ1n) is 9.20. The van der Waals surface area contributed by atoms with Gasteiger partial charge in [-0.25, -0.2) is 4.79 Å². The third kappa shape index (κ3) is 9.27. The maximum atomic E-state index is 11.8. The molecule has 0 saturated heterocycles. The molecule has 130 valence electrons. The number of carbonyl (C=O) groups excluding carboxylic acids is 1. The molecule has 3 nitrogen and oxygen atoms in total. The number of para-hydroxylation sites is 1. The standard InChI is InChI=1S/C20H32O3/c1-3-5-7-9-10-14-18-15-11-12-16-19(18)23-20(21)22-17-13-8-6-4-2/h11-12,15-16H,3-10,13-14,17H2,1-2H3. The zero-order valence-corrected chi connectivity index (χ0v) is 14.8. The Bertz CT molecular complexity index is 429. The summed E-state index contributed by atoms with van der Waals surface area (Å²) in [7, 11) is 0. The Balaban J connectivity index is 2.33. The number of aryl methyl sites for hydroxylation is 1. The van der Waals surface area contributed by atoms with Crippen molar-refractivity contribution in [3.63, 3.8) is 0 Å². The first kappa shape index (κ1) is 19.5. The average Bonchev–Trinajstić information content (AvgIpc) is 2.56. The van der Waals surface area contributed by atoms with Crippen molar-refractivity contribution in [1.82, 2.24) is 0 Å². The molecule has 0 bridgehead atoms. The zero-order chi connectivity index (χ0) is 16.8. The fraction of sp³-hybridized carbons (Fsp3) is 0.650. The molecule has 0 unspecified atom stereocenters. The van der Waals surface area contributed by atoms with E-state index in [4.69, 9.17) is 9.47 Å². The summed E-state index contributed by atoms with van der Waals surface area (Å²) in [4.78, 5) is 11.8. The Hall–Kier alpha value is -1.51. The molecule has 0 aromatic heterocycles. The lowest BCUT2D eigenvalue weighted by atomic mass is 10.0. The molecule has 0 fully saturated rings. The van der Waals surface area contributed by atoms with Crippen LogP contribution >= 0.6 is 0 Å². The minimum atomic E-state index is -0.583. The SMILES string of the molecule is CCCCCCCc1ccccc1OC(=O)OCCCCCC. The first-order valence-corrected chi connectivity index (χ1v) is 9.20. The first-order chi connectivity index (χ1) is 11.3. The van der Waals surface area contributed by atoms with Gasteiger partial charge in [-0.15, -0.1) is 0 Å². The quantitative estimate of drug-likeness (QED) is 0.258. The van der Waals surface area contributed by atoms with Crippen LogP contribution in [0.5, 0.6) is 5.75 Å². The lowest BCUT2D eigenvalue weighted by Crippen LogP contribution is -2.12. The van der Waals surface area contributed by atoms with Crippen LogP contribution in [0.4, 0.5) is 4.79 Å². The summed E-state index contributed by atoms with van der Waals surface area (Å²) in [5.74, 6) is 0.640. The Morgan fingerprint density at radius 2 is 1.52 bits per heavy atom. The van der Waals surface area contributed by atoms with Crippen molar-refractivity contribution >= 4 is 6.16 Å². The molecule has 0 aliphatic rings. The zero-order valence-electron chi connectivity index (χ0n) is 14.8. The summed E-state index contributed by atoms with van der Waals surface area (Å²) in [5.41, 5.74) is 1.09. The highest BCUT2D eigenvalue weighted by Gasteiger charge is 2.09. The van der Waals surface area contributed by atoms with Gasteiger partial charge in [-0.1, -0.05) is 77.0 Å². The number of unbranched alkanes of at least 4 members (excludes halogenated alkanes) is 7. The van der Waals surface area contributed by atoms with Gasteiger partial charge in [0.05, 0.1) is 6.61 Å². The van der Waals surface area contributed by atoms with Gasteiger partial charge in [0.15, 0.2) is 0 Å². The maximum Gasteiger partial charge on any atom is 0.513 e. The van der Waals surface area contributed by atoms with Gasteiger partial charge in [0, 0.05) is 0 Å². The van der Waals surface area contributed by atoms with Gasteiger partial charge < -0.3 is 9.47 Å². The predicted octanol–water partition coefficient (Wildman–Crippen LogP) is 6.30. The van der Waals surface area contributed by atoms with E-state index in [1.807, 2.05) is 24.3 Å². The van der Waals surface area contributed by atoms with E-state index in [1.165, 1.54) is 38.5 Å². The van der Waals surface area contributed by atoms with Crippen LogP contribution in [0.15, 0.2) is 24.3 Å². The number of carbonyl (C=O) groups is 1. The van der Waals surface area contributed by atoms with E-state index in [0.717, 1.165) is 31.2 Å². The van der Waals surface area contributed by atoms with Gasteiger partial charge in [0.25, 0.3) is 0 Å². The summed E-state index contributed by atoms with van der Waals surface area (Å²) < 4.78 is 10.5. The lowest BCUT2D eigenvalue weighted by Gasteiger charge is -2.10. The van der Waals surface area contributed by atoms with Crippen molar-refractivity contribution in [3.8, 4) is 5.75 Å². The molecule has 3 heteroatoms. The van der Waals surface area contributed by atoms with Crippen LogP contribution < -0.4 is 4.74 Å². The van der Waals surface area contributed by atoms with E-state index in [9.17, 15) is 4.79 Å². The van der Waals surface area contributed by atoms with Crippen molar-refractivity contribution in [2.75, 3.05) is 6.61 Å². The van der Waals surface area contributed by atoms with Crippen molar-refractivity contribution in [2.24, 2.45) is 0 Å². The lowest BCUT2D eigenvalue weighted by molar-refractivity contribution is 0.0970. The molecular formula is C20H32O3. The largest absolute Gasteiger partial charge is 0.513 e. The molecule has 0 heterocycles. The molecule has 0 amide bonds. The van der Waals surface area contributed by atoms with Gasteiger partial charge in [-0.3, -0.25) is 0 Å². The molecule has 0 atom stereocenters. The fourth-order valence-electron chi connectivity index (χ4n) is 2.53. The van der Waals surface area contributed by atoms with Crippen LogP contribution in [0.2, 0.25) is 0 Å². The third-order valence-corrected chi connectivity index (χ3v) is 3.93. The van der Waals surface area contributed by atoms with Crippen LogP contribution in [-0.4, -0.2) is 12.8 Å². The topological polar surface area (TPSA) is 35.5 Å². The highest BCUT2D eigenvalue weighted by Crippen LogP contribution is 2.21. The average molecular weight is 320 g/mol. The van der Waals surface area contributed by atoms with Crippen LogP contribution in [0.25, 0.3) is 0 Å². The Labute approximate surface area is 141 Å². The molecule has 0 radical (unpaired) electrons. The summed E-state index contributed by atoms with van der Waals surface area (Å²) >= 11 is 0. The second kappa shape index (κ2) is 13.0. The van der Waals surface area contributed by atoms with Crippen LogP contribution in [-0.2, 0) is 11.2 Å². The van der Waals surface area contributed by atoms with E-state index in [-0.39, 0.29) is 0 Å². The molecule has 1 aromatic carbocycles. The number of ether oxygens (including phenoxy) is 2. The minimum absolute atomic E-state index is 0.442. The van der Waals surface area contributed by atoms with Crippen molar-refractivity contribution in [2.45, 2.75) is 78.1 Å². The number of benzene rings is 1. The van der Waals surface area contributed by atoms with Crippen LogP contribution in [0, 0.1) is 0 Å². The van der Waals surface area contributed by atoms with Gasteiger partial charge in [0.2, 0.25) is 0 Å². The Kier molecular flexibility index (Phi) is 11.0. The van der Waals surface area contributed by atoms with Crippen molar-refractivity contribution in [3.05, 3.63) is 29.8 Å². The number of hydrogen-bond acceptors (Lipinski definition) is 3. The molecule has 0 spiro atoms. The number of rotatable bonds is 12.